The molecular formula is C12H8BrFO2. The van der Waals surface area contributed by atoms with Gasteiger partial charge in [-0.05, 0) is 52.7 Å². The lowest BCUT2D eigenvalue weighted by Crippen LogP contribution is -2.03. The second-order valence-electron chi connectivity index (χ2n) is 3.42. The van der Waals surface area contributed by atoms with Gasteiger partial charge in [0.05, 0.1) is 5.56 Å². The van der Waals surface area contributed by atoms with Crippen molar-refractivity contribution >= 4 is 21.7 Å². The number of carbonyl (C=O) groups is 1. The second kappa shape index (κ2) is 4.22. The van der Waals surface area contributed by atoms with E-state index in [1.165, 1.54) is 18.2 Å². The number of ketones is 1. The minimum absolute atomic E-state index is 0.0208. The minimum atomic E-state index is -0.530. The second-order valence-corrected chi connectivity index (χ2v) is 4.20. The third-order valence-corrected chi connectivity index (χ3v) is 2.59. The highest BCUT2D eigenvalue weighted by Crippen LogP contribution is 2.19. The van der Waals surface area contributed by atoms with E-state index in [9.17, 15) is 9.18 Å². The van der Waals surface area contributed by atoms with Crippen LogP contribution in [0.15, 0.2) is 39.4 Å². The zero-order chi connectivity index (χ0) is 11.7. The van der Waals surface area contributed by atoms with Crippen molar-refractivity contribution in [2.75, 3.05) is 0 Å². The van der Waals surface area contributed by atoms with Crippen molar-refractivity contribution in [3.05, 3.63) is 57.7 Å². The predicted octanol–water partition coefficient (Wildman–Crippen LogP) is 3.72. The molecule has 0 N–H and O–H groups in total. The number of aryl methyl sites for hydroxylation is 1. The van der Waals surface area contributed by atoms with Crippen molar-refractivity contribution < 1.29 is 13.6 Å². The van der Waals surface area contributed by atoms with Crippen molar-refractivity contribution in [3.8, 4) is 0 Å². The zero-order valence-corrected chi connectivity index (χ0v) is 10.0. The van der Waals surface area contributed by atoms with E-state index in [1.807, 2.05) is 0 Å². The Bertz CT molecular complexity index is 546. The van der Waals surface area contributed by atoms with E-state index >= 15 is 0 Å². The molecule has 82 valence electrons. The lowest BCUT2D eigenvalue weighted by molar-refractivity contribution is 0.100. The highest BCUT2D eigenvalue weighted by molar-refractivity contribution is 9.10. The van der Waals surface area contributed by atoms with Gasteiger partial charge in [0.15, 0.2) is 10.4 Å². The Morgan fingerprint density at radius 3 is 2.62 bits per heavy atom. The number of benzene rings is 1. The molecule has 0 atom stereocenters. The van der Waals surface area contributed by atoms with Gasteiger partial charge in [0, 0.05) is 0 Å². The van der Waals surface area contributed by atoms with Gasteiger partial charge >= 0.3 is 0 Å². The SMILES string of the molecule is Cc1ccc(C(=O)c2ccc(Br)o2)c(F)c1. The summed E-state index contributed by atoms with van der Waals surface area (Å²) in [7, 11) is 0. The normalized spacial score (nSPS) is 10.4. The molecule has 2 nitrogen and oxygen atoms in total. The van der Waals surface area contributed by atoms with Gasteiger partial charge in [0.2, 0.25) is 5.78 Å². The molecule has 0 amide bonds. The summed E-state index contributed by atoms with van der Waals surface area (Å²) in [6.07, 6.45) is 0. The van der Waals surface area contributed by atoms with Gasteiger partial charge in [0.25, 0.3) is 0 Å². The Morgan fingerprint density at radius 1 is 1.31 bits per heavy atom. The van der Waals surface area contributed by atoms with E-state index in [0.29, 0.717) is 4.67 Å². The van der Waals surface area contributed by atoms with Crippen LogP contribution in [-0.2, 0) is 0 Å². The van der Waals surface area contributed by atoms with Crippen LogP contribution in [0.3, 0.4) is 0 Å². The Hall–Kier alpha value is -1.42. The van der Waals surface area contributed by atoms with Crippen molar-refractivity contribution in [2.45, 2.75) is 6.92 Å². The summed E-state index contributed by atoms with van der Waals surface area (Å²) >= 11 is 3.09. The first kappa shape index (κ1) is 11.1. The first-order chi connectivity index (χ1) is 7.58. The standard InChI is InChI=1S/C12H8BrFO2/c1-7-2-3-8(9(14)6-7)12(15)10-4-5-11(13)16-10/h2-6H,1H3. The summed E-state index contributed by atoms with van der Waals surface area (Å²) in [6.45, 7) is 1.76. The molecule has 0 bridgehead atoms. The van der Waals surface area contributed by atoms with Crippen LogP contribution in [0.5, 0.6) is 0 Å². The molecule has 0 saturated carbocycles. The maximum absolute atomic E-state index is 13.5. The molecule has 1 aromatic heterocycles. The van der Waals surface area contributed by atoms with E-state index in [2.05, 4.69) is 15.9 Å². The quantitative estimate of drug-likeness (QED) is 0.786. The molecule has 16 heavy (non-hydrogen) atoms. The van der Waals surface area contributed by atoms with Crippen LogP contribution in [-0.4, -0.2) is 5.78 Å². The van der Waals surface area contributed by atoms with Gasteiger partial charge in [-0.2, -0.15) is 0 Å². The largest absolute Gasteiger partial charge is 0.446 e. The fourth-order valence-electron chi connectivity index (χ4n) is 1.37. The summed E-state index contributed by atoms with van der Waals surface area (Å²) in [4.78, 5) is 11.8. The first-order valence-electron chi connectivity index (χ1n) is 4.64. The maximum Gasteiger partial charge on any atom is 0.231 e. The van der Waals surface area contributed by atoms with Crippen LogP contribution in [0, 0.1) is 12.7 Å². The minimum Gasteiger partial charge on any atom is -0.446 e. The molecule has 1 aromatic carbocycles. The number of hydrogen-bond acceptors (Lipinski definition) is 2. The van der Waals surface area contributed by atoms with Crippen LogP contribution < -0.4 is 0 Å². The van der Waals surface area contributed by atoms with Gasteiger partial charge < -0.3 is 4.42 Å². The molecule has 0 spiro atoms. The van der Waals surface area contributed by atoms with Gasteiger partial charge in [-0.3, -0.25) is 4.79 Å². The smallest absolute Gasteiger partial charge is 0.231 e. The van der Waals surface area contributed by atoms with Crippen LogP contribution in [0.2, 0.25) is 0 Å². The van der Waals surface area contributed by atoms with E-state index < -0.39 is 11.6 Å². The summed E-state index contributed by atoms with van der Waals surface area (Å²) < 4.78 is 19.1. The number of rotatable bonds is 2. The molecule has 0 aliphatic rings. The highest BCUT2D eigenvalue weighted by atomic mass is 79.9. The van der Waals surface area contributed by atoms with Crippen molar-refractivity contribution in [1.29, 1.82) is 0 Å². The number of halogens is 2. The lowest BCUT2D eigenvalue weighted by Gasteiger charge is -2.00. The Balaban J connectivity index is 2.41. The predicted molar refractivity (Wildman–Crippen MR) is 61.0 cm³/mol. The Labute approximate surface area is 100 Å². The summed E-state index contributed by atoms with van der Waals surface area (Å²) in [5, 5.41) is 0. The number of carbonyl (C=O) groups excluding carboxylic acids is 1. The first-order valence-corrected chi connectivity index (χ1v) is 5.43. The molecule has 1 heterocycles. The topological polar surface area (TPSA) is 30.2 Å². The average molecular weight is 283 g/mol. The summed E-state index contributed by atoms with van der Waals surface area (Å²) in [5.41, 5.74) is 0.794. The molecular weight excluding hydrogens is 275 g/mol. The molecule has 2 rings (SSSR count). The third kappa shape index (κ3) is 2.07. The van der Waals surface area contributed by atoms with Crippen LogP contribution in [0.25, 0.3) is 0 Å². The highest BCUT2D eigenvalue weighted by Gasteiger charge is 2.17. The zero-order valence-electron chi connectivity index (χ0n) is 8.46. The van der Waals surface area contributed by atoms with Crippen molar-refractivity contribution in [3.63, 3.8) is 0 Å². The van der Waals surface area contributed by atoms with E-state index in [0.717, 1.165) is 5.56 Å². The van der Waals surface area contributed by atoms with E-state index in [4.69, 9.17) is 4.42 Å². The molecule has 0 radical (unpaired) electrons. The lowest BCUT2D eigenvalue weighted by atomic mass is 10.1. The molecule has 2 aromatic rings. The Kier molecular flexibility index (Phi) is 2.92. The maximum atomic E-state index is 13.5. The summed E-state index contributed by atoms with van der Waals surface area (Å²) in [5.74, 6) is -0.865. The van der Waals surface area contributed by atoms with E-state index in [1.54, 1.807) is 19.1 Å². The Morgan fingerprint density at radius 2 is 2.06 bits per heavy atom. The van der Waals surface area contributed by atoms with Crippen LogP contribution in [0.1, 0.15) is 21.7 Å². The third-order valence-electron chi connectivity index (χ3n) is 2.17. The molecule has 0 aliphatic carbocycles. The average Bonchev–Trinajstić information content (AvgIpc) is 2.64. The molecule has 0 aliphatic heterocycles. The van der Waals surface area contributed by atoms with Crippen LogP contribution >= 0.6 is 15.9 Å². The molecule has 4 heteroatoms. The molecule has 0 fully saturated rings. The molecule has 0 saturated heterocycles. The monoisotopic (exact) mass is 282 g/mol. The fraction of sp³-hybridized carbons (Fsp3) is 0.0833. The van der Waals surface area contributed by atoms with Crippen molar-refractivity contribution in [1.82, 2.24) is 0 Å². The van der Waals surface area contributed by atoms with Gasteiger partial charge in [-0.25, -0.2) is 4.39 Å². The summed E-state index contributed by atoms with van der Waals surface area (Å²) in [6, 6.07) is 7.58. The van der Waals surface area contributed by atoms with Gasteiger partial charge in [-0.1, -0.05) is 6.07 Å². The molecule has 0 unspecified atom stereocenters. The van der Waals surface area contributed by atoms with Gasteiger partial charge in [0.1, 0.15) is 5.82 Å². The number of hydrogen-bond donors (Lipinski definition) is 0. The fourth-order valence-corrected chi connectivity index (χ4v) is 1.68. The van der Waals surface area contributed by atoms with E-state index in [-0.39, 0.29) is 11.3 Å². The number of furan rings is 1. The van der Waals surface area contributed by atoms with Crippen molar-refractivity contribution in [2.24, 2.45) is 0 Å². The van der Waals surface area contributed by atoms with Crippen LogP contribution in [0.4, 0.5) is 4.39 Å². The van der Waals surface area contributed by atoms with Gasteiger partial charge in [-0.15, -0.1) is 0 Å².